The van der Waals surface area contributed by atoms with Crippen molar-refractivity contribution >= 4 is 23.2 Å². The number of benzene rings is 2. The molecule has 2 amide bonds. The van der Waals surface area contributed by atoms with Gasteiger partial charge in [-0.3, -0.25) is 9.59 Å². The van der Waals surface area contributed by atoms with Crippen LogP contribution in [-0.4, -0.2) is 25.2 Å². The molecule has 4 rings (SSSR count). The molecule has 134 valence electrons. The Morgan fingerprint density at radius 2 is 1.85 bits per heavy atom. The van der Waals surface area contributed by atoms with Gasteiger partial charge >= 0.3 is 0 Å². The molecule has 2 aliphatic heterocycles. The average molecular weight is 360 g/mol. The molecule has 26 heavy (non-hydrogen) atoms. The molecule has 2 aromatic carbocycles. The second-order valence-corrected chi connectivity index (χ2v) is 6.03. The van der Waals surface area contributed by atoms with Crippen molar-refractivity contribution in [2.45, 2.75) is 6.42 Å². The zero-order chi connectivity index (χ0) is 18.3. The minimum absolute atomic E-state index is 0.0453. The van der Waals surface area contributed by atoms with Crippen molar-refractivity contribution in [1.29, 1.82) is 0 Å². The number of ether oxygens (including phenoxy) is 2. The number of rotatable bonds is 3. The number of fused-ring (bicyclic) bond motifs is 1. The summed E-state index contributed by atoms with van der Waals surface area (Å²) in [5.74, 6) is -2.19. The smallest absolute Gasteiger partial charge is 0.231 e. The fourth-order valence-electron chi connectivity index (χ4n) is 3.03. The molecule has 8 heteroatoms. The van der Waals surface area contributed by atoms with E-state index in [-0.39, 0.29) is 25.7 Å². The molecule has 1 atom stereocenters. The lowest BCUT2D eigenvalue weighted by atomic mass is 10.1. The molecule has 0 radical (unpaired) electrons. The number of nitrogens with one attached hydrogen (secondary N) is 1. The van der Waals surface area contributed by atoms with Crippen molar-refractivity contribution in [2.75, 3.05) is 23.6 Å². The first kappa shape index (κ1) is 16.3. The molecule has 1 fully saturated rings. The molecule has 1 N–H and O–H groups in total. The molecular weight excluding hydrogens is 346 g/mol. The Hall–Kier alpha value is -3.16. The fraction of sp³-hybridized carbons (Fsp3) is 0.222. The minimum atomic E-state index is -0.865. The lowest BCUT2D eigenvalue weighted by molar-refractivity contribution is -0.122. The van der Waals surface area contributed by atoms with E-state index < -0.39 is 29.1 Å². The van der Waals surface area contributed by atoms with Gasteiger partial charge in [-0.05, 0) is 24.3 Å². The molecule has 0 bridgehead atoms. The van der Waals surface area contributed by atoms with Crippen LogP contribution in [0.25, 0.3) is 0 Å². The second-order valence-electron chi connectivity index (χ2n) is 6.03. The van der Waals surface area contributed by atoms with E-state index in [4.69, 9.17) is 9.47 Å². The van der Waals surface area contributed by atoms with Crippen LogP contribution in [0.4, 0.5) is 20.2 Å². The van der Waals surface area contributed by atoms with Crippen LogP contribution in [0.1, 0.15) is 6.42 Å². The molecule has 2 aliphatic rings. The zero-order valence-corrected chi connectivity index (χ0v) is 13.5. The van der Waals surface area contributed by atoms with Gasteiger partial charge in [0.25, 0.3) is 0 Å². The van der Waals surface area contributed by atoms with E-state index in [1.807, 2.05) is 0 Å². The molecule has 0 saturated carbocycles. The van der Waals surface area contributed by atoms with Gasteiger partial charge in [0.05, 0.1) is 5.92 Å². The van der Waals surface area contributed by atoms with Crippen molar-refractivity contribution in [3.8, 4) is 11.5 Å². The van der Waals surface area contributed by atoms with E-state index in [0.717, 1.165) is 12.1 Å². The predicted molar refractivity (Wildman–Crippen MR) is 88.0 cm³/mol. The molecule has 6 nitrogen and oxygen atoms in total. The molecule has 0 spiro atoms. The Morgan fingerprint density at radius 1 is 1.12 bits per heavy atom. The summed E-state index contributed by atoms with van der Waals surface area (Å²) in [6, 6.07) is 8.36. The number of amides is 2. The highest BCUT2D eigenvalue weighted by Crippen LogP contribution is 2.37. The number of halogens is 2. The predicted octanol–water partition coefficient (Wildman–Crippen LogP) is 2.69. The molecule has 2 aromatic rings. The maximum atomic E-state index is 13.7. The largest absolute Gasteiger partial charge is 0.454 e. The SMILES string of the molecule is O=C(Nc1c(F)cccc1F)C1CC(=O)N(c2ccc3c(c2)OCO3)C1. The highest BCUT2D eigenvalue weighted by atomic mass is 19.1. The number of carbonyl (C=O) groups is 2. The third-order valence-electron chi connectivity index (χ3n) is 4.37. The van der Waals surface area contributed by atoms with Crippen molar-refractivity contribution < 1.29 is 27.8 Å². The third kappa shape index (κ3) is 2.83. The Labute approximate surface area is 147 Å². The molecular formula is C18H14F2N2O4. The van der Waals surface area contributed by atoms with E-state index in [2.05, 4.69) is 5.32 Å². The van der Waals surface area contributed by atoms with Crippen LogP contribution in [0.2, 0.25) is 0 Å². The Morgan fingerprint density at radius 3 is 2.62 bits per heavy atom. The highest BCUT2D eigenvalue weighted by Gasteiger charge is 2.36. The first-order chi connectivity index (χ1) is 12.5. The van der Waals surface area contributed by atoms with Crippen LogP contribution in [-0.2, 0) is 9.59 Å². The van der Waals surface area contributed by atoms with E-state index in [9.17, 15) is 18.4 Å². The highest BCUT2D eigenvalue weighted by molar-refractivity contribution is 6.03. The molecule has 1 saturated heterocycles. The van der Waals surface area contributed by atoms with Crippen molar-refractivity contribution in [3.05, 3.63) is 48.0 Å². The van der Waals surface area contributed by atoms with Crippen LogP contribution in [0.15, 0.2) is 36.4 Å². The van der Waals surface area contributed by atoms with Gasteiger partial charge < -0.3 is 19.7 Å². The van der Waals surface area contributed by atoms with E-state index in [1.54, 1.807) is 18.2 Å². The fourth-order valence-corrected chi connectivity index (χ4v) is 3.03. The summed E-state index contributed by atoms with van der Waals surface area (Å²) >= 11 is 0. The van der Waals surface area contributed by atoms with Gasteiger partial charge in [-0.2, -0.15) is 0 Å². The van der Waals surface area contributed by atoms with Crippen LogP contribution in [0.3, 0.4) is 0 Å². The summed E-state index contributed by atoms with van der Waals surface area (Å²) in [6.45, 7) is 0.229. The zero-order valence-electron chi connectivity index (χ0n) is 13.5. The molecule has 1 unspecified atom stereocenters. The number of anilines is 2. The first-order valence-electron chi connectivity index (χ1n) is 7.98. The van der Waals surface area contributed by atoms with Gasteiger partial charge in [-0.1, -0.05) is 6.07 Å². The Kier molecular flexibility index (Phi) is 3.95. The van der Waals surface area contributed by atoms with Crippen molar-refractivity contribution in [1.82, 2.24) is 0 Å². The van der Waals surface area contributed by atoms with Crippen LogP contribution in [0, 0.1) is 17.6 Å². The Balaban J connectivity index is 1.50. The summed E-state index contributed by atoms with van der Waals surface area (Å²) in [7, 11) is 0. The summed E-state index contributed by atoms with van der Waals surface area (Å²) in [5, 5.41) is 2.24. The van der Waals surface area contributed by atoms with Gasteiger partial charge in [0, 0.05) is 24.7 Å². The normalized spacial score (nSPS) is 18.3. The lowest BCUT2D eigenvalue weighted by Gasteiger charge is -2.17. The third-order valence-corrected chi connectivity index (χ3v) is 4.37. The summed E-state index contributed by atoms with van der Waals surface area (Å²) < 4.78 is 37.9. The minimum Gasteiger partial charge on any atom is -0.454 e. The van der Waals surface area contributed by atoms with Gasteiger partial charge in [0.15, 0.2) is 11.5 Å². The second kappa shape index (κ2) is 6.29. The number of hydrogen-bond acceptors (Lipinski definition) is 4. The van der Waals surface area contributed by atoms with Crippen molar-refractivity contribution in [2.24, 2.45) is 5.92 Å². The average Bonchev–Trinajstić information content (AvgIpc) is 3.23. The van der Waals surface area contributed by atoms with E-state index in [0.29, 0.717) is 17.2 Å². The standard InChI is InChI=1S/C18H14F2N2O4/c19-12-2-1-3-13(20)17(12)21-18(24)10-6-16(23)22(8-10)11-4-5-14-15(7-11)26-9-25-14/h1-5,7,10H,6,8-9H2,(H,21,24). The van der Waals surface area contributed by atoms with E-state index in [1.165, 1.54) is 11.0 Å². The maximum Gasteiger partial charge on any atom is 0.231 e. The topological polar surface area (TPSA) is 67.9 Å². The summed E-state index contributed by atoms with van der Waals surface area (Å²) in [6.07, 6.45) is -0.0453. The number of para-hydroxylation sites is 1. The quantitative estimate of drug-likeness (QED) is 0.914. The van der Waals surface area contributed by atoms with Gasteiger partial charge in [0.1, 0.15) is 17.3 Å². The van der Waals surface area contributed by atoms with Gasteiger partial charge in [-0.15, -0.1) is 0 Å². The Bertz CT molecular complexity index is 883. The van der Waals surface area contributed by atoms with E-state index >= 15 is 0 Å². The van der Waals surface area contributed by atoms with Crippen LogP contribution >= 0.6 is 0 Å². The molecule has 2 heterocycles. The maximum absolute atomic E-state index is 13.7. The van der Waals surface area contributed by atoms with Crippen LogP contribution < -0.4 is 19.7 Å². The summed E-state index contributed by atoms with van der Waals surface area (Å²) in [4.78, 5) is 26.1. The number of nitrogens with zero attached hydrogens (tertiary/aromatic N) is 1. The lowest BCUT2D eigenvalue weighted by Crippen LogP contribution is -2.28. The molecule has 0 aliphatic carbocycles. The molecule has 0 aromatic heterocycles. The number of carbonyl (C=O) groups excluding carboxylic acids is 2. The van der Waals surface area contributed by atoms with Gasteiger partial charge in [-0.25, -0.2) is 8.78 Å². The van der Waals surface area contributed by atoms with Crippen LogP contribution in [0.5, 0.6) is 11.5 Å². The monoisotopic (exact) mass is 360 g/mol. The van der Waals surface area contributed by atoms with Crippen molar-refractivity contribution in [3.63, 3.8) is 0 Å². The summed E-state index contributed by atoms with van der Waals surface area (Å²) in [5.41, 5.74) is 0.0677. The number of hydrogen-bond donors (Lipinski definition) is 1. The van der Waals surface area contributed by atoms with Gasteiger partial charge in [0.2, 0.25) is 18.6 Å². The first-order valence-corrected chi connectivity index (χ1v) is 7.98.